The number of sulfone groups is 1. The van der Waals surface area contributed by atoms with Crippen molar-refractivity contribution in [3.63, 3.8) is 0 Å². The molecule has 0 aliphatic carbocycles. The Bertz CT molecular complexity index is 675. The van der Waals surface area contributed by atoms with Gasteiger partial charge in [0.1, 0.15) is 22.2 Å². The fourth-order valence-corrected chi connectivity index (χ4v) is 2.62. The number of hydrogen-bond donors (Lipinski definition) is 2. The molecule has 1 aromatic carbocycles. The summed E-state index contributed by atoms with van der Waals surface area (Å²) in [5.74, 6) is 1.44. The van der Waals surface area contributed by atoms with E-state index < -0.39 is 9.84 Å². The van der Waals surface area contributed by atoms with Crippen LogP contribution >= 0.6 is 0 Å². The van der Waals surface area contributed by atoms with Gasteiger partial charge in [0.25, 0.3) is 0 Å². The molecule has 0 atom stereocenters. The van der Waals surface area contributed by atoms with E-state index in [4.69, 9.17) is 9.47 Å². The van der Waals surface area contributed by atoms with E-state index >= 15 is 0 Å². The van der Waals surface area contributed by atoms with E-state index in [2.05, 4.69) is 15.6 Å². The molecule has 1 rings (SSSR count). The first kappa shape index (κ1) is 22.2. The second kappa shape index (κ2) is 11.7. The molecule has 0 radical (unpaired) electrons. The predicted molar refractivity (Wildman–Crippen MR) is 106 cm³/mol. The maximum Gasteiger partial charge on any atom is 0.191 e. The first-order chi connectivity index (χ1) is 12.4. The molecule has 0 spiro atoms. The third kappa shape index (κ3) is 9.62. The quantitative estimate of drug-likeness (QED) is 0.341. The van der Waals surface area contributed by atoms with Crippen LogP contribution in [0.2, 0.25) is 0 Å². The molecule has 2 N–H and O–H groups in total. The SMILES string of the molecule is CCNC(=NCc1ccc(C)cc1OCCOCC)NCCS(C)(=O)=O. The monoisotopic (exact) mass is 385 g/mol. The summed E-state index contributed by atoms with van der Waals surface area (Å²) in [6.07, 6.45) is 1.22. The van der Waals surface area contributed by atoms with Gasteiger partial charge in [-0.3, -0.25) is 0 Å². The van der Waals surface area contributed by atoms with E-state index in [-0.39, 0.29) is 5.75 Å². The zero-order chi connectivity index (χ0) is 19.4. The van der Waals surface area contributed by atoms with Crippen molar-refractivity contribution in [1.29, 1.82) is 0 Å². The Kier molecular flexibility index (Phi) is 10.0. The molecular weight excluding hydrogens is 354 g/mol. The summed E-state index contributed by atoms with van der Waals surface area (Å²) in [5, 5.41) is 6.15. The molecule has 0 saturated heterocycles. The van der Waals surface area contributed by atoms with Gasteiger partial charge in [-0.25, -0.2) is 13.4 Å². The maximum absolute atomic E-state index is 11.2. The van der Waals surface area contributed by atoms with Crippen molar-refractivity contribution in [1.82, 2.24) is 10.6 Å². The Hall–Kier alpha value is -1.80. The van der Waals surface area contributed by atoms with Gasteiger partial charge in [0.15, 0.2) is 5.96 Å². The Morgan fingerprint density at radius 3 is 2.62 bits per heavy atom. The average molecular weight is 386 g/mol. The van der Waals surface area contributed by atoms with E-state index in [1.54, 1.807) is 0 Å². The Morgan fingerprint density at radius 2 is 1.96 bits per heavy atom. The van der Waals surface area contributed by atoms with Gasteiger partial charge >= 0.3 is 0 Å². The highest BCUT2D eigenvalue weighted by Crippen LogP contribution is 2.21. The summed E-state index contributed by atoms with van der Waals surface area (Å²) in [7, 11) is -3.01. The minimum atomic E-state index is -3.01. The largest absolute Gasteiger partial charge is 0.491 e. The van der Waals surface area contributed by atoms with Crippen LogP contribution < -0.4 is 15.4 Å². The molecular formula is C18H31N3O4S. The third-order valence-corrected chi connectivity index (χ3v) is 4.37. The number of aliphatic imine (C=N–C) groups is 1. The predicted octanol–water partition coefficient (Wildman–Crippen LogP) is 1.51. The molecule has 0 aromatic heterocycles. The maximum atomic E-state index is 11.2. The van der Waals surface area contributed by atoms with Gasteiger partial charge < -0.3 is 20.1 Å². The second-order valence-corrected chi connectivity index (χ2v) is 8.17. The van der Waals surface area contributed by atoms with Crippen molar-refractivity contribution in [2.45, 2.75) is 27.3 Å². The summed E-state index contributed by atoms with van der Waals surface area (Å²) >= 11 is 0. The lowest BCUT2D eigenvalue weighted by molar-refractivity contribution is 0.110. The van der Waals surface area contributed by atoms with Crippen LogP contribution in [0.4, 0.5) is 0 Å². The van der Waals surface area contributed by atoms with Crippen molar-refractivity contribution in [2.24, 2.45) is 4.99 Å². The topological polar surface area (TPSA) is 89.0 Å². The molecule has 148 valence electrons. The zero-order valence-electron chi connectivity index (χ0n) is 16.2. The summed E-state index contributed by atoms with van der Waals surface area (Å²) in [6, 6.07) is 6.00. The lowest BCUT2D eigenvalue weighted by Crippen LogP contribution is -2.39. The van der Waals surface area contributed by atoms with E-state index in [9.17, 15) is 8.42 Å². The first-order valence-corrected chi connectivity index (χ1v) is 10.9. The number of benzene rings is 1. The van der Waals surface area contributed by atoms with Crippen molar-refractivity contribution in [3.8, 4) is 5.75 Å². The van der Waals surface area contributed by atoms with Crippen molar-refractivity contribution < 1.29 is 17.9 Å². The molecule has 26 heavy (non-hydrogen) atoms. The number of hydrogen-bond acceptors (Lipinski definition) is 5. The zero-order valence-corrected chi connectivity index (χ0v) is 17.0. The number of ether oxygens (including phenoxy) is 2. The minimum absolute atomic E-state index is 0.0632. The fourth-order valence-electron chi connectivity index (χ4n) is 2.14. The molecule has 0 amide bonds. The summed E-state index contributed by atoms with van der Waals surface area (Å²) in [4.78, 5) is 4.53. The highest BCUT2D eigenvalue weighted by Gasteiger charge is 2.06. The average Bonchev–Trinajstić information content (AvgIpc) is 2.56. The van der Waals surface area contributed by atoms with Crippen molar-refractivity contribution >= 4 is 15.8 Å². The van der Waals surface area contributed by atoms with Gasteiger partial charge in [0.05, 0.1) is 18.9 Å². The first-order valence-electron chi connectivity index (χ1n) is 8.85. The van der Waals surface area contributed by atoms with Crippen LogP contribution in [0.3, 0.4) is 0 Å². The summed E-state index contributed by atoms with van der Waals surface area (Å²) in [5.41, 5.74) is 2.08. The van der Waals surface area contributed by atoms with E-state index in [1.165, 1.54) is 6.26 Å². The Labute approximate surface area is 157 Å². The molecule has 0 saturated carbocycles. The molecule has 0 aliphatic heterocycles. The van der Waals surface area contributed by atoms with E-state index in [1.807, 2.05) is 39.0 Å². The van der Waals surface area contributed by atoms with Crippen molar-refractivity contribution in [2.75, 3.05) is 44.9 Å². The summed E-state index contributed by atoms with van der Waals surface area (Å²) < 4.78 is 33.6. The highest BCUT2D eigenvalue weighted by atomic mass is 32.2. The number of nitrogens with zero attached hydrogens (tertiary/aromatic N) is 1. The molecule has 0 aliphatic rings. The number of nitrogens with one attached hydrogen (secondary N) is 2. The molecule has 8 heteroatoms. The number of guanidine groups is 1. The molecule has 0 unspecified atom stereocenters. The summed E-state index contributed by atoms with van der Waals surface area (Å²) in [6.45, 7) is 9.06. The smallest absolute Gasteiger partial charge is 0.191 e. The number of aryl methyl sites for hydroxylation is 1. The van der Waals surface area contributed by atoms with Crippen LogP contribution in [0.15, 0.2) is 23.2 Å². The molecule has 0 heterocycles. The van der Waals surface area contributed by atoms with Gasteiger partial charge in [-0.05, 0) is 32.4 Å². The highest BCUT2D eigenvalue weighted by molar-refractivity contribution is 7.90. The second-order valence-electron chi connectivity index (χ2n) is 5.91. The Morgan fingerprint density at radius 1 is 1.19 bits per heavy atom. The molecule has 0 fully saturated rings. The standard InChI is InChI=1S/C18H31N3O4S/c1-5-19-18(20-9-12-26(4,22)23)21-14-16-8-7-15(3)13-17(16)25-11-10-24-6-2/h7-8,13H,5-6,9-12,14H2,1-4H3,(H2,19,20,21). The fraction of sp³-hybridized carbons (Fsp3) is 0.611. The van der Waals surface area contributed by atoms with Crippen LogP contribution in [-0.2, 0) is 21.1 Å². The molecule has 1 aromatic rings. The van der Waals surface area contributed by atoms with Gasteiger partial charge in [-0.1, -0.05) is 12.1 Å². The van der Waals surface area contributed by atoms with Crippen LogP contribution in [-0.4, -0.2) is 59.3 Å². The Balaban J connectivity index is 2.74. The van der Waals surface area contributed by atoms with E-state index in [0.717, 1.165) is 16.9 Å². The minimum Gasteiger partial charge on any atom is -0.491 e. The van der Waals surface area contributed by atoms with Crippen LogP contribution in [0, 0.1) is 6.92 Å². The van der Waals surface area contributed by atoms with Crippen LogP contribution in [0.5, 0.6) is 5.75 Å². The molecule has 0 bridgehead atoms. The van der Waals surface area contributed by atoms with E-state index in [0.29, 0.717) is 45.4 Å². The third-order valence-electron chi connectivity index (χ3n) is 3.43. The normalized spacial score (nSPS) is 12.1. The lowest BCUT2D eigenvalue weighted by atomic mass is 10.1. The van der Waals surface area contributed by atoms with Gasteiger partial charge in [0.2, 0.25) is 0 Å². The number of rotatable bonds is 11. The van der Waals surface area contributed by atoms with Crippen LogP contribution in [0.25, 0.3) is 0 Å². The van der Waals surface area contributed by atoms with Gasteiger partial charge in [0, 0.05) is 31.5 Å². The lowest BCUT2D eigenvalue weighted by Gasteiger charge is -2.13. The van der Waals surface area contributed by atoms with Gasteiger partial charge in [-0.15, -0.1) is 0 Å². The van der Waals surface area contributed by atoms with Gasteiger partial charge in [-0.2, -0.15) is 0 Å². The van der Waals surface area contributed by atoms with Crippen molar-refractivity contribution in [3.05, 3.63) is 29.3 Å². The molecule has 7 nitrogen and oxygen atoms in total. The van der Waals surface area contributed by atoms with Crippen LogP contribution in [0.1, 0.15) is 25.0 Å².